The van der Waals surface area contributed by atoms with Crippen LogP contribution < -0.4 is 25.8 Å². The fourth-order valence-electron chi connectivity index (χ4n) is 1.86. The average molecular weight is 323 g/mol. The summed E-state index contributed by atoms with van der Waals surface area (Å²) in [6, 6.07) is 4.70. The lowest BCUT2D eigenvalue weighted by Crippen LogP contribution is -2.47. The maximum atomic E-state index is 11.8. The van der Waals surface area contributed by atoms with Gasteiger partial charge in [0.25, 0.3) is 0 Å². The second-order valence-electron chi connectivity index (χ2n) is 5.44. The maximum absolute atomic E-state index is 11.8. The Hall–Kier alpha value is -2.28. The Kier molecular flexibility index (Phi) is 7.34. The number of carbonyl (C=O) groups is 2. The number of ether oxygens (including phenoxy) is 2. The molecule has 0 fully saturated rings. The van der Waals surface area contributed by atoms with E-state index in [9.17, 15) is 9.59 Å². The van der Waals surface area contributed by atoms with Crippen molar-refractivity contribution < 1.29 is 19.1 Å². The third kappa shape index (κ3) is 5.78. The highest BCUT2D eigenvalue weighted by Gasteiger charge is 2.17. The molecular weight excluding hydrogens is 298 g/mol. The SMILES string of the molecule is COc1ccc(OC)c(CNC(=O)CNC(=O)[C@@H](N)C(C)C)c1. The van der Waals surface area contributed by atoms with Crippen LogP contribution >= 0.6 is 0 Å². The number of hydrogen-bond acceptors (Lipinski definition) is 5. The summed E-state index contributed by atoms with van der Waals surface area (Å²) in [5.74, 6) is 0.690. The number of rotatable bonds is 8. The minimum Gasteiger partial charge on any atom is -0.497 e. The molecule has 0 spiro atoms. The summed E-state index contributed by atoms with van der Waals surface area (Å²) >= 11 is 0. The number of methoxy groups -OCH3 is 2. The second kappa shape index (κ2) is 8.99. The van der Waals surface area contributed by atoms with Gasteiger partial charge in [0.15, 0.2) is 0 Å². The van der Waals surface area contributed by atoms with Crippen LogP contribution in [0.25, 0.3) is 0 Å². The molecule has 4 N–H and O–H groups in total. The summed E-state index contributed by atoms with van der Waals surface area (Å²) in [7, 11) is 3.12. The largest absolute Gasteiger partial charge is 0.497 e. The Morgan fingerprint density at radius 3 is 2.43 bits per heavy atom. The number of benzene rings is 1. The van der Waals surface area contributed by atoms with Crippen LogP contribution in [0.4, 0.5) is 0 Å². The third-order valence-electron chi connectivity index (χ3n) is 3.41. The Labute approximate surface area is 136 Å². The van der Waals surface area contributed by atoms with E-state index in [0.717, 1.165) is 5.56 Å². The lowest BCUT2D eigenvalue weighted by atomic mass is 10.1. The first-order valence-corrected chi connectivity index (χ1v) is 7.40. The zero-order valence-corrected chi connectivity index (χ0v) is 14.0. The van der Waals surface area contributed by atoms with Crippen molar-refractivity contribution in [2.75, 3.05) is 20.8 Å². The molecule has 0 aromatic heterocycles. The van der Waals surface area contributed by atoms with E-state index >= 15 is 0 Å². The standard InChI is InChI=1S/C16H25N3O4/c1-10(2)15(17)16(21)19-9-14(20)18-8-11-7-12(22-3)5-6-13(11)23-4/h5-7,10,15H,8-9,17H2,1-4H3,(H,18,20)(H,19,21)/t15-/m0/s1. The summed E-state index contributed by atoms with van der Waals surface area (Å²) in [4.78, 5) is 23.5. The summed E-state index contributed by atoms with van der Waals surface area (Å²) in [6.45, 7) is 3.84. The van der Waals surface area contributed by atoms with Crippen LogP contribution in [0.1, 0.15) is 19.4 Å². The Bertz CT molecular complexity index is 546. The average Bonchev–Trinajstić information content (AvgIpc) is 2.56. The minimum absolute atomic E-state index is 0.0131. The van der Waals surface area contributed by atoms with Crippen molar-refractivity contribution in [2.24, 2.45) is 11.7 Å². The molecule has 0 saturated heterocycles. The van der Waals surface area contributed by atoms with E-state index < -0.39 is 6.04 Å². The van der Waals surface area contributed by atoms with Crippen molar-refractivity contribution in [3.05, 3.63) is 23.8 Å². The van der Waals surface area contributed by atoms with E-state index in [1.165, 1.54) is 0 Å². The quantitative estimate of drug-likeness (QED) is 0.643. The maximum Gasteiger partial charge on any atom is 0.239 e. The van der Waals surface area contributed by atoms with Crippen molar-refractivity contribution in [3.8, 4) is 11.5 Å². The number of nitrogens with one attached hydrogen (secondary N) is 2. The smallest absolute Gasteiger partial charge is 0.239 e. The van der Waals surface area contributed by atoms with Crippen molar-refractivity contribution in [1.29, 1.82) is 0 Å². The normalized spacial score (nSPS) is 11.7. The molecular formula is C16H25N3O4. The van der Waals surface area contributed by atoms with Gasteiger partial charge in [-0.3, -0.25) is 9.59 Å². The van der Waals surface area contributed by atoms with E-state index in [1.54, 1.807) is 32.4 Å². The van der Waals surface area contributed by atoms with Gasteiger partial charge in [-0.2, -0.15) is 0 Å². The first kappa shape index (κ1) is 18.8. The van der Waals surface area contributed by atoms with Crippen molar-refractivity contribution >= 4 is 11.8 Å². The van der Waals surface area contributed by atoms with Crippen molar-refractivity contribution in [2.45, 2.75) is 26.4 Å². The van der Waals surface area contributed by atoms with Crippen LogP contribution in [0.3, 0.4) is 0 Å². The Balaban J connectivity index is 2.52. The lowest BCUT2D eigenvalue weighted by Gasteiger charge is -2.15. The predicted molar refractivity (Wildman–Crippen MR) is 87.2 cm³/mol. The lowest BCUT2D eigenvalue weighted by molar-refractivity contribution is -0.127. The van der Waals surface area contributed by atoms with Gasteiger partial charge in [-0.1, -0.05) is 13.8 Å². The van der Waals surface area contributed by atoms with Crippen LogP contribution in [0, 0.1) is 5.92 Å². The van der Waals surface area contributed by atoms with E-state index in [-0.39, 0.29) is 30.8 Å². The topological polar surface area (TPSA) is 103 Å². The first-order chi connectivity index (χ1) is 10.9. The van der Waals surface area contributed by atoms with Gasteiger partial charge in [-0.15, -0.1) is 0 Å². The Morgan fingerprint density at radius 1 is 1.17 bits per heavy atom. The molecule has 2 amide bonds. The molecule has 0 heterocycles. The highest BCUT2D eigenvalue weighted by molar-refractivity contribution is 5.87. The van der Waals surface area contributed by atoms with Gasteiger partial charge in [0.1, 0.15) is 11.5 Å². The summed E-state index contributed by atoms with van der Waals surface area (Å²) in [6.07, 6.45) is 0. The first-order valence-electron chi connectivity index (χ1n) is 7.40. The van der Waals surface area contributed by atoms with Gasteiger partial charge >= 0.3 is 0 Å². The molecule has 1 aromatic carbocycles. The molecule has 7 nitrogen and oxygen atoms in total. The molecule has 0 bridgehead atoms. The van der Waals surface area contributed by atoms with Gasteiger partial charge in [-0.05, 0) is 24.1 Å². The molecule has 0 unspecified atom stereocenters. The van der Waals surface area contributed by atoms with Crippen LogP contribution in [0.5, 0.6) is 11.5 Å². The van der Waals surface area contributed by atoms with E-state index in [1.807, 2.05) is 13.8 Å². The highest BCUT2D eigenvalue weighted by atomic mass is 16.5. The number of hydrogen-bond donors (Lipinski definition) is 3. The van der Waals surface area contributed by atoms with Gasteiger partial charge in [0.05, 0.1) is 26.8 Å². The van der Waals surface area contributed by atoms with Gasteiger partial charge in [0, 0.05) is 12.1 Å². The molecule has 1 atom stereocenters. The summed E-state index contributed by atoms with van der Waals surface area (Å²) in [5, 5.41) is 5.24. The molecule has 128 valence electrons. The van der Waals surface area contributed by atoms with E-state index in [0.29, 0.717) is 11.5 Å². The van der Waals surface area contributed by atoms with E-state index in [2.05, 4.69) is 10.6 Å². The molecule has 23 heavy (non-hydrogen) atoms. The molecule has 0 aliphatic rings. The molecule has 0 aliphatic heterocycles. The molecule has 7 heteroatoms. The van der Waals surface area contributed by atoms with E-state index in [4.69, 9.17) is 15.2 Å². The molecule has 1 rings (SSSR count). The zero-order chi connectivity index (χ0) is 17.4. The van der Waals surface area contributed by atoms with Crippen LogP contribution in [-0.2, 0) is 16.1 Å². The van der Waals surface area contributed by atoms with Gasteiger partial charge in [-0.25, -0.2) is 0 Å². The third-order valence-corrected chi connectivity index (χ3v) is 3.41. The van der Waals surface area contributed by atoms with Crippen molar-refractivity contribution in [3.63, 3.8) is 0 Å². The van der Waals surface area contributed by atoms with Gasteiger partial charge < -0.3 is 25.8 Å². The summed E-state index contributed by atoms with van der Waals surface area (Å²) in [5.41, 5.74) is 6.49. The zero-order valence-electron chi connectivity index (χ0n) is 14.0. The van der Waals surface area contributed by atoms with Crippen LogP contribution in [0.15, 0.2) is 18.2 Å². The molecule has 0 saturated carbocycles. The second-order valence-corrected chi connectivity index (χ2v) is 5.44. The molecule has 0 aliphatic carbocycles. The number of carbonyl (C=O) groups excluding carboxylic acids is 2. The number of nitrogens with two attached hydrogens (primary N) is 1. The van der Waals surface area contributed by atoms with Crippen LogP contribution in [0.2, 0.25) is 0 Å². The van der Waals surface area contributed by atoms with Crippen molar-refractivity contribution in [1.82, 2.24) is 10.6 Å². The van der Waals surface area contributed by atoms with Crippen LogP contribution in [-0.4, -0.2) is 38.6 Å². The molecule has 0 radical (unpaired) electrons. The Morgan fingerprint density at radius 2 is 1.87 bits per heavy atom. The molecule has 1 aromatic rings. The highest BCUT2D eigenvalue weighted by Crippen LogP contribution is 2.23. The monoisotopic (exact) mass is 323 g/mol. The predicted octanol–water partition coefficient (Wildman–Crippen LogP) is 0.420. The minimum atomic E-state index is -0.624. The fraction of sp³-hybridized carbons (Fsp3) is 0.500. The number of amides is 2. The fourth-order valence-corrected chi connectivity index (χ4v) is 1.86. The van der Waals surface area contributed by atoms with Gasteiger partial charge in [0.2, 0.25) is 11.8 Å². The summed E-state index contributed by atoms with van der Waals surface area (Å²) < 4.78 is 10.4.